The van der Waals surface area contributed by atoms with Crippen molar-refractivity contribution in [3.63, 3.8) is 0 Å². The molecule has 1 aromatic heterocycles. The van der Waals surface area contributed by atoms with E-state index >= 15 is 0 Å². The quantitative estimate of drug-likeness (QED) is 0.847. The first kappa shape index (κ1) is 12.5. The van der Waals surface area contributed by atoms with E-state index in [0.29, 0.717) is 11.8 Å². The van der Waals surface area contributed by atoms with Crippen LogP contribution in [0.4, 0.5) is 0 Å². The number of nitrogens with zero attached hydrogens (tertiary/aromatic N) is 2. The second kappa shape index (κ2) is 5.47. The molecule has 2 heterocycles. The Balaban J connectivity index is 0.00000112. The van der Waals surface area contributed by atoms with Crippen molar-refractivity contribution in [1.82, 2.24) is 15.5 Å². The van der Waals surface area contributed by atoms with Crippen molar-refractivity contribution in [2.24, 2.45) is 0 Å². The van der Waals surface area contributed by atoms with Gasteiger partial charge in [-0.2, -0.15) is 4.98 Å². The highest BCUT2D eigenvalue weighted by Gasteiger charge is 2.21. The Morgan fingerprint density at radius 2 is 2.00 bits per heavy atom. The molecule has 86 valence electrons. The van der Waals surface area contributed by atoms with Crippen molar-refractivity contribution in [3.05, 3.63) is 11.7 Å². The van der Waals surface area contributed by atoms with Gasteiger partial charge in [0.25, 0.3) is 0 Å². The van der Waals surface area contributed by atoms with Crippen molar-refractivity contribution < 1.29 is 4.52 Å². The molecule has 0 bridgehead atoms. The molecule has 0 aliphatic carbocycles. The highest BCUT2D eigenvalue weighted by molar-refractivity contribution is 5.85. The minimum Gasteiger partial charge on any atom is -0.339 e. The highest BCUT2D eigenvalue weighted by atomic mass is 35.5. The molecule has 1 saturated heterocycles. The Labute approximate surface area is 96.2 Å². The van der Waals surface area contributed by atoms with E-state index in [0.717, 1.165) is 37.6 Å². The number of piperidine rings is 1. The smallest absolute Gasteiger partial charge is 0.229 e. The molecule has 1 aromatic rings. The van der Waals surface area contributed by atoms with E-state index in [4.69, 9.17) is 4.52 Å². The molecule has 1 aliphatic heterocycles. The third kappa shape index (κ3) is 2.92. The predicted octanol–water partition coefficient (Wildman–Crippen LogP) is 2.08. The Kier molecular flexibility index (Phi) is 4.54. The number of nitrogens with one attached hydrogen (secondary N) is 1. The lowest BCUT2D eigenvalue weighted by Gasteiger charge is -2.18. The molecule has 0 aromatic carbocycles. The molecule has 0 unspecified atom stereocenters. The molecular formula is C10H18ClN3O. The zero-order valence-corrected chi connectivity index (χ0v) is 10.0. The number of halogens is 1. The average molecular weight is 232 g/mol. The molecule has 4 nitrogen and oxygen atoms in total. The average Bonchev–Trinajstić information content (AvgIpc) is 2.68. The predicted molar refractivity (Wildman–Crippen MR) is 60.5 cm³/mol. The summed E-state index contributed by atoms with van der Waals surface area (Å²) >= 11 is 0. The summed E-state index contributed by atoms with van der Waals surface area (Å²) in [5.74, 6) is 2.49. The number of rotatable bonds is 2. The molecule has 0 atom stereocenters. The van der Waals surface area contributed by atoms with Gasteiger partial charge < -0.3 is 9.84 Å². The van der Waals surface area contributed by atoms with Crippen LogP contribution in [0.3, 0.4) is 0 Å². The van der Waals surface area contributed by atoms with Gasteiger partial charge in [0.05, 0.1) is 0 Å². The summed E-state index contributed by atoms with van der Waals surface area (Å²) in [5.41, 5.74) is 0. The molecule has 0 radical (unpaired) electrons. The van der Waals surface area contributed by atoms with Crippen LogP contribution in [0.1, 0.15) is 50.2 Å². The largest absolute Gasteiger partial charge is 0.339 e. The minimum absolute atomic E-state index is 0. The fourth-order valence-corrected chi connectivity index (χ4v) is 1.72. The molecule has 0 spiro atoms. The van der Waals surface area contributed by atoms with E-state index in [9.17, 15) is 0 Å². The Bertz CT molecular complexity index is 295. The van der Waals surface area contributed by atoms with Gasteiger partial charge in [-0.25, -0.2) is 0 Å². The fourth-order valence-electron chi connectivity index (χ4n) is 1.72. The summed E-state index contributed by atoms with van der Waals surface area (Å²) in [6.07, 6.45) is 2.22. The Morgan fingerprint density at radius 1 is 1.33 bits per heavy atom. The fraction of sp³-hybridized carbons (Fsp3) is 0.800. The summed E-state index contributed by atoms with van der Waals surface area (Å²) in [6.45, 7) is 6.28. The molecule has 15 heavy (non-hydrogen) atoms. The lowest BCUT2D eigenvalue weighted by Crippen LogP contribution is -2.26. The van der Waals surface area contributed by atoms with Crippen molar-refractivity contribution in [2.45, 2.75) is 38.5 Å². The molecule has 1 aliphatic rings. The molecule has 2 rings (SSSR count). The van der Waals surface area contributed by atoms with Gasteiger partial charge in [-0.3, -0.25) is 0 Å². The summed E-state index contributed by atoms with van der Waals surface area (Å²) in [6, 6.07) is 0. The Morgan fingerprint density at radius 3 is 2.53 bits per heavy atom. The minimum atomic E-state index is 0. The van der Waals surface area contributed by atoms with Gasteiger partial charge in [0.15, 0.2) is 5.82 Å². The first-order valence-electron chi connectivity index (χ1n) is 5.31. The molecule has 1 N–H and O–H groups in total. The van der Waals surface area contributed by atoms with Crippen molar-refractivity contribution in [2.75, 3.05) is 13.1 Å². The van der Waals surface area contributed by atoms with Crippen molar-refractivity contribution in [3.8, 4) is 0 Å². The van der Waals surface area contributed by atoms with Crippen LogP contribution in [0.25, 0.3) is 0 Å². The molecule has 0 saturated carbocycles. The van der Waals surface area contributed by atoms with Gasteiger partial charge >= 0.3 is 0 Å². The summed E-state index contributed by atoms with van der Waals surface area (Å²) in [7, 11) is 0. The van der Waals surface area contributed by atoms with Crippen molar-refractivity contribution >= 4 is 12.4 Å². The van der Waals surface area contributed by atoms with Crippen LogP contribution in [-0.4, -0.2) is 23.2 Å². The van der Waals surface area contributed by atoms with Gasteiger partial charge in [-0.05, 0) is 25.9 Å². The van der Waals surface area contributed by atoms with Crippen LogP contribution in [0.15, 0.2) is 4.52 Å². The Hall–Kier alpha value is -0.610. The SMILES string of the molecule is CC(C)c1noc(C2CCNCC2)n1.Cl. The maximum absolute atomic E-state index is 5.28. The lowest BCUT2D eigenvalue weighted by molar-refractivity contribution is 0.317. The summed E-state index contributed by atoms with van der Waals surface area (Å²) in [5, 5.41) is 7.31. The van der Waals surface area contributed by atoms with E-state index in [1.54, 1.807) is 0 Å². The van der Waals surface area contributed by atoms with Gasteiger partial charge in [-0.1, -0.05) is 19.0 Å². The molecule has 1 fully saturated rings. The normalized spacial score (nSPS) is 17.8. The first-order chi connectivity index (χ1) is 6.77. The van der Waals surface area contributed by atoms with E-state index < -0.39 is 0 Å². The standard InChI is InChI=1S/C10H17N3O.ClH/c1-7(2)9-12-10(14-13-9)8-3-5-11-6-4-8;/h7-8,11H,3-6H2,1-2H3;1H. The van der Waals surface area contributed by atoms with Gasteiger partial charge in [-0.15, -0.1) is 12.4 Å². The van der Waals surface area contributed by atoms with Crippen LogP contribution in [0, 0.1) is 0 Å². The van der Waals surface area contributed by atoms with E-state index in [1.165, 1.54) is 0 Å². The van der Waals surface area contributed by atoms with Crippen LogP contribution >= 0.6 is 12.4 Å². The maximum Gasteiger partial charge on any atom is 0.229 e. The molecular weight excluding hydrogens is 214 g/mol. The van der Waals surface area contributed by atoms with Crippen LogP contribution in [0.5, 0.6) is 0 Å². The van der Waals surface area contributed by atoms with Crippen LogP contribution in [-0.2, 0) is 0 Å². The zero-order chi connectivity index (χ0) is 9.97. The van der Waals surface area contributed by atoms with Crippen molar-refractivity contribution in [1.29, 1.82) is 0 Å². The van der Waals surface area contributed by atoms with E-state index in [2.05, 4.69) is 29.3 Å². The molecule has 0 amide bonds. The maximum atomic E-state index is 5.28. The number of hydrogen-bond donors (Lipinski definition) is 1. The summed E-state index contributed by atoms with van der Waals surface area (Å²) < 4.78 is 5.28. The first-order valence-corrected chi connectivity index (χ1v) is 5.31. The number of aromatic nitrogens is 2. The topological polar surface area (TPSA) is 51.0 Å². The third-order valence-electron chi connectivity index (χ3n) is 2.66. The van der Waals surface area contributed by atoms with Gasteiger partial charge in [0, 0.05) is 11.8 Å². The van der Waals surface area contributed by atoms with E-state index in [-0.39, 0.29) is 12.4 Å². The van der Waals surface area contributed by atoms with E-state index in [1.807, 2.05) is 0 Å². The monoisotopic (exact) mass is 231 g/mol. The van der Waals surface area contributed by atoms with Crippen LogP contribution in [0.2, 0.25) is 0 Å². The molecule has 5 heteroatoms. The van der Waals surface area contributed by atoms with Gasteiger partial charge in [0.2, 0.25) is 5.89 Å². The lowest BCUT2D eigenvalue weighted by atomic mass is 9.98. The zero-order valence-electron chi connectivity index (χ0n) is 9.19. The second-order valence-corrected chi connectivity index (χ2v) is 4.17. The summed E-state index contributed by atoms with van der Waals surface area (Å²) in [4.78, 5) is 4.43. The van der Waals surface area contributed by atoms with Crippen LogP contribution < -0.4 is 5.32 Å². The highest BCUT2D eigenvalue weighted by Crippen LogP contribution is 2.24. The van der Waals surface area contributed by atoms with Gasteiger partial charge in [0.1, 0.15) is 0 Å². The second-order valence-electron chi connectivity index (χ2n) is 4.17. The number of hydrogen-bond acceptors (Lipinski definition) is 4. The third-order valence-corrected chi connectivity index (χ3v) is 2.66.